The second-order valence-electron chi connectivity index (χ2n) is 8.88. The lowest BCUT2D eigenvalue weighted by Crippen LogP contribution is -2.59. The maximum absolute atomic E-state index is 13.7. The Hall–Kier alpha value is -3.60. The van der Waals surface area contributed by atoms with E-state index in [1.54, 1.807) is 0 Å². The number of aliphatic hydroxyl groups excluding tert-OH is 2. The molecule has 0 radical (unpaired) electrons. The van der Waals surface area contributed by atoms with E-state index in [1.165, 1.54) is 30.3 Å². The molecule has 0 saturated carbocycles. The molecule has 10 nitrogen and oxygen atoms in total. The molecule has 1 aromatic heterocycles. The molecule has 1 aliphatic heterocycles. The highest BCUT2D eigenvalue weighted by Crippen LogP contribution is 2.35. The van der Waals surface area contributed by atoms with Crippen LogP contribution in [-0.2, 0) is 20.7 Å². The molecule has 10 heteroatoms. The van der Waals surface area contributed by atoms with E-state index in [1.807, 2.05) is 6.92 Å². The Morgan fingerprint density at radius 1 is 1.00 bits per heavy atom. The van der Waals surface area contributed by atoms with Gasteiger partial charge in [0, 0.05) is 36.6 Å². The van der Waals surface area contributed by atoms with E-state index in [0.717, 1.165) is 13.0 Å². The highest BCUT2D eigenvalue weighted by Gasteiger charge is 2.46. The SMILES string of the molecule is CCC[C@@H]1OC(Cc2c(-c3ccc(O)cc3)oc3cc(O)cc(O)c3c2=O)[C@H](OC(C)=O)[C@H](O)[C@H]1O. The number of aromatic hydroxyl groups is 3. The van der Waals surface area contributed by atoms with Crippen LogP contribution in [0.25, 0.3) is 22.3 Å². The van der Waals surface area contributed by atoms with Gasteiger partial charge in [0.1, 0.15) is 52.3 Å². The second-order valence-corrected chi connectivity index (χ2v) is 8.88. The minimum atomic E-state index is -1.46. The largest absolute Gasteiger partial charge is 0.508 e. The van der Waals surface area contributed by atoms with Crippen LogP contribution in [0.15, 0.2) is 45.6 Å². The van der Waals surface area contributed by atoms with Crippen LogP contribution in [0.1, 0.15) is 32.3 Å². The summed E-state index contributed by atoms with van der Waals surface area (Å²) in [6.07, 6.45) is -4.97. The molecule has 1 unspecified atom stereocenters. The number of esters is 1. The summed E-state index contributed by atoms with van der Waals surface area (Å²) in [4.78, 5) is 25.4. The highest BCUT2D eigenvalue weighted by atomic mass is 16.6. The predicted octanol–water partition coefficient (Wildman–Crippen LogP) is 2.34. The second kappa shape index (κ2) is 10.2. The Labute approximate surface area is 206 Å². The van der Waals surface area contributed by atoms with Crippen molar-refractivity contribution in [2.75, 3.05) is 0 Å². The quantitative estimate of drug-likeness (QED) is 0.317. The van der Waals surface area contributed by atoms with Crippen molar-refractivity contribution in [2.45, 2.75) is 63.6 Å². The number of carbonyl (C=O) groups is 1. The van der Waals surface area contributed by atoms with Gasteiger partial charge in [0.25, 0.3) is 0 Å². The zero-order valence-corrected chi connectivity index (χ0v) is 19.7. The third-order valence-corrected chi connectivity index (χ3v) is 6.25. The third-order valence-electron chi connectivity index (χ3n) is 6.25. The van der Waals surface area contributed by atoms with Crippen molar-refractivity contribution in [3.8, 4) is 28.6 Å². The van der Waals surface area contributed by atoms with Gasteiger partial charge in [0.2, 0.25) is 0 Å². The van der Waals surface area contributed by atoms with Gasteiger partial charge in [-0.3, -0.25) is 9.59 Å². The first kappa shape index (κ1) is 25.5. The Bertz CT molecular complexity index is 1310. The zero-order chi connectivity index (χ0) is 26.1. The lowest BCUT2D eigenvalue weighted by atomic mass is 9.88. The normalized spacial score (nSPS) is 24.1. The smallest absolute Gasteiger partial charge is 0.303 e. The molecule has 0 spiro atoms. The van der Waals surface area contributed by atoms with Gasteiger partial charge < -0.3 is 39.4 Å². The number of rotatable bonds is 6. The molecule has 1 saturated heterocycles. The van der Waals surface area contributed by atoms with Gasteiger partial charge in [-0.05, 0) is 30.7 Å². The van der Waals surface area contributed by atoms with Crippen LogP contribution in [0.3, 0.4) is 0 Å². The molecule has 2 heterocycles. The minimum absolute atomic E-state index is 0.0104. The number of ether oxygens (including phenoxy) is 2. The molecule has 192 valence electrons. The molecule has 5 N–H and O–H groups in total. The summed E-state index contributed by atoms with van der Waals surface area (Å²) in [7, 11) is 0. The summed E-state index contributed by atoms with van der Waals surface area (Å²) in [5.41, 5.74) is -0.218. The Morgan fingerprint density at radius 3 is 2.33 bits per heavy atom. The van der Waals surface area contributed by atoms with E-state index < -0.39 is 47.7 Å². The van der Waals surface area contributed by atoms with Crippen molar-refractivity contribution in [1.82, 2.24) is 0 Å². The van der Waals surface area contributed by atoms with Crippen LogP contribution in [0.5, 0.6) is 17.2 Å². The van der Waals surface area contributed by atoms with Gasteiger partial charge in [-0.15, -0.1) is 0 Å². The first-order chi connectivity index (χ1) is 17.1. The van der Waals surface area contributed by atoms with E-state index in [4.69, 9.17) is 13.9 Å². The number of fused-ring (bicyclic) bond motifs is 1. The van der Waals surface area contributed by atoms with Crippen molar-refractivity contribution in [3.05, 3.63) is 52.2 Å². The Kier molecular flexibility index (Phi) is 7.21. The van der Waals surface area contributed by atoms with Gasteiger partial charge in [0.05, 0.1) is 6.10 Å². The van der Waals surface area contributed by atoms with Crippen LogP contribution < -0.4 is 5.43 Å². The number of hydrogen-bond acceptors (Lipinski definition) is 10. The fourth-order valence-corrected chi connectivity index (χ4v) is 4.59. The van der Waals surface area contributed by atoms with Crippen LogP contribution >= 0.6 is 0 Å². The number of aliphatic hydroxyl groups is 2. The van der Waals surface area contributed by atoms with Gasteiger partial charge in [0.15, 0.2) is 11.5 Å². The van der Waals surface area contributed by atoms with Gasteiger partial charge in [-0.1, -0.05) is 13.3 Å². The number of hydrogen-bond donors (Lipinski definition) is 5. The summed E-state index contributed by atoms with van der Waals surface area (Å²) in [5.74, 6) is -1.43. The minimum Gasteiger partial charge on any atom is -0.508 e. The lowest BCUT2D eigenvalue weighted by Gasteiger charge is -2.42. The first-order valence-electron chi connectivity index (χ1n) is 11.6. The van der Waals surface area contributed by atoms with E-state index in [0.29, 0.717) is 18.4 Å². The first-order valence-corrected chi connectivity index (χ1v) is 11.6. The van der Waals surface area contributed by atoms with Crippen LogP contribution in [-0.4, -0.2) is 62.0 Å². The molecule has 0 amide bonds. The van der Waals surface area contributed by atoms with Gasteiger partial charge in [-0.2, -0.15) is 0 Å². The van der Waals surface area contributed by atoms with E-state index in [2.05, 4.69) is 0 Å². The molecule has 36 heavy (non-hydrogen) atoms. The van der Waals surface area contributed by atoms with E-state index in [-0.39, 0.29) is 40.2 Å². The fourth-order valence-electron chi connectivity index (χ4n) is 4.59. The summed E-state index contributed by atoms with van der Waals surface area (Å²) in [6.45, 7) is 3.04. The molecule has 0 aliphatic carbocycles. The predicted molar refractivity (Wildman–Crippen MR) is 128 cm³/mol. The monoisotopic (exact) mass is 500 g/mol. The maximum atomic E-state index is 13.7. The summed E-state index contributed by atoms with van der Waals surface area (Å²) in [6, 6.07) is 8.06. The maximum Gasteiger partial charge on any atom is 0.303 e. The standard InChI is InChI=1S/C26H28O10/c1-3-4-18-23(32)24(33)26(34-12(2)27)20(35-18)11-16-22(31)21-17(30)9-15(29)10-19(21)36-25(16)13-5-7-14(28)8-6-13/h5-10,18,20,23-24,26,28-30,32-33H,3-4,11H2,1-2H3/t18-,20?,23-,24+,26-/m0/s1. The Morgan fingerprint density at radius 2 is 1.69 bits per heavy atom. The summed E-state index contributed by atoms with van der Waals surface area (Å²) < 4.78 is 17.3. The summed E-state index contributed by atoms with van der Waals surface area (Å²) in [5, 5.41) is 51.1. The molecule has 0 bridgehead atoms. The molecule has 5 atom stereocenters. The van der Waals surface area contributed by atoms with Crippen LogP contribution in [0.4, 0.5) is 0 Å². The highest BCUT2D eigenvalue weighted by molar-refractivity contribution is 5.87. The summed E-state index contributed by atoms with van der Waals surface area (Å²) >= 11 is 0. The average molecular weight is 501 g/mol. The van der Waals surface area contributed by atoms with Crippen molar-refractivity contribution in [1.29, 1.82) is 0 Å². The fraction of sp³-hybridized carbons (Fsp3) is 0.385. The number of benzene rings is 2. The van der Waals surface area contributed by atoms with Gasteiger partial charge in [-0.25, -0.2) is 0 Å². The van der Waals surface area contributed by atoms with Crippen molar-refractivity contribution in [3.63, 3.8) is 0 Å². The lowest BCUT2D eigenvalue weighted by molar-refractivity contribution is -0.233. The van der Waals surface area contributed by atoms with E-state index in [9.17, 15) is 35.1 Å². The van der Waals surface area contributed by atoms with Crippen molar-refractivity contribution in [2.24, 2.45) is 0 Å². The zero-order valence-electron chi connectivity index (χ0n) is 19.7. The number of carbonyl (C=O) groups excluding carboxylic acids is 1. The molecular formula is C26H28O10. The third kappa shape index (κ3) is 4.88. The number of phenols is 3. The van der Waals surface area contributed by atoms with Crippen molar-refractivity contribution < 1.29 is 44.2 Å². The van der Waals surface area contributed by atoms with Crippen molar-refractivity contribution >= 4 is 16.9 Å². The molecular weight excluding hydrogens is 472 g/mol. The molecule has 1 aliphatic rings. The topological polar surface area (TPSA) is 167 Å². The van der Waals surface area contributed by atoms with Gasteiger partial charge >= 0.3 is 5.97 Å². The molecule has 2 aromatic carbocycles. The van der Waals surface area contributed by atoms with E-state index >= 15 is 0 Å². The Balaban J connectivity index is 1.88. The van der Waals surface area contributed by atoms with Crippen LogP contribution in [0.2, 0.25) is 0 Å². The molecule has 4 rings (SSSR count). The number of phenolic OH excluding ortho intramolecular Hbond substituents is 3. The molecule has 1 fully saturated rings. The average Bonchev–Trinajstić information content (AvgIpc) is 2.81. The van der Waals surface area contributed by atoms with Crippen LogP contribution in [0, 0.1) is 0 Å². The molecule has 3 aromatic rings.